The number of carbonyl (C=O) groups excluding carboxylic acids is 2. The molecule has 1 unspecified atom stereocenters. The van der Waals surface area contributed by atoms with Gasteiger partial charge in [0.25, 0.3) is 0 Å². The summed E-state index contributed by atoms with van der Waals surface area (Å²) in [6, 6.07) is 9.35. The average Bonchev–Trinajstić information content (AvgIpc) is 2.44. The fraction of sp³-hybridized carbons (Fsp3) is 0.467. The molecule has 0 saturated heterocycles. The van der Waals surface area contributed by atoms with Crippen LogP contribution in [0.15, 0.2) is 35.2 Å². The number of nitrogens with one attached hydrogen (secondary N) is 2. The van der Waals surface area contributed by atoms with E-state index in [0.717, 1.165) is 17.7 Å². The number of carbonyl (C=O) groups is 2. The minimum absolute atomic E-state index is 0.114. The van der Waals surface area contributed by atoms with Crippen molar-refractivity contribution in [2.75, 3.05) is 12.3 Å². The molecular formula is C15H22N2O2S. The highest BCUT2D eigenvalue weighted by atomic mass is 32.2. The van der Waals surface area contributed by atoms with Crippen LogP contribution in [-0.4, -0.2) is 30.2 Å². The number of amides is 2. The third-order valence-corrected chi connectivity index (χ3v) is 3.79. The zero-order valence-electron chi connectivity index (χ0n) is 12.0. The van der Waals surface area contributed by atoms with Crippen LogP contribution in [0.4, 0.5) is 0 Å². The van der Waals surface area contributed by atoms with Gasteiger partial charge in [-0.2, -0.15) is 0 Å². The van der Waals surface area contributed by atoms with Gasteiger partial charge in [0.05, 0.1) is 0 Å². The topological polar surface area (TPSA) is 58.2 Å². The number of thioether (sulfide) groups is 1. The van der Waals surface area contributed by atoms with Crippen LogP contribution in [0.25, 0.3) is 0 Å². The first-order valence-electron chi connectivity index (χ1n) is 6.86. The highest BCUT2D eigenvalue weighted by Crippen LogP contribution is 2.17. The van der Waals surface area contributed by atoms with Crippen LogP contribution in [0, 0.1) is 0 Å². The summed E-state index contributed by atoms with van der Waals surface area (Å²) in [7, 11) is 0. The van der Waals surface area contributed by atoms with Crippen molar-refractivity contribution < 1.29 is 9.59 Å². The minimum atomic E-state index is -0.491. The third-order valence-electron chi connectivity index (χ3n) is 2.68. The number of benzene rings is 1. The molecule has 0 fully saturated rings. The lowest BCUT2D eigenvalue weighted by Crippen LogP contribution is -2.47. The van der Waals surface area contributed by atoms with E-state index in [9.17, 15) is 9.59 Å². The Morgan fingerprint density at radius 2 is 1.95 bits per heavy atom. The van der Waals surface area contributed by atoms with Crippen molar-refractivity contribution in [1.82, 2.24) is 10.6 Å². The maximum atomic E-state index is 12.0. The van der Waals surface area contributed by atoms with Gasteiger partial charge >= 0.3 is 0 Å². The second-order valence-corrected chi connectivity index (χ2v) is 5.62. The highest BCUT2D eigenvalue weighted by Gasteiger charge is 2.19. The van der Waals surface area contributed by atoms with E-state index < -0.39 is 6.04 Å². The van der Waals surface area contributed by atoms with E-state index in [0.29, 0.717) is 12.3 Å². The molecule has 0 radical (unpaired) electrons. The Morgan fingerprint density at radius 1 is 1.25 bits per heavy atom. The van der Waals surface area contributed by atoms with Crippen molar-refractivity contribution in [1.29, 1.82) is 0 Å². The zero-order chi connectivity index (χ0) is 14.8. The molecule has 1 aromatic carbocycles. The van der Waals surface area contributed by atoms with E-state index in [-0.39, 0.29) is 11.8 Å². The molecule has 2 N–H and O–H groups in total. The molecule has 1 atom stereocenters. The normalized spacial score (nSPS) is 11.7. The van der Waals surface area contributed by atoms with E-state index in [2.05, 4.69) is 17.6 Å². The fourth-order valence-electron chi connectivity index (χ4n) is 1.64. The van der Waals surface area contributed by atoms with Gasteiger partial charge in [0.2, 0.25) is 11.8 Å². The van der Waals surface area contributed by atoms with Crippen LogP contribution in [0.1, 0.15) is 26.7 Å². The van der Waals surface area contributed by atoms with E-state index in [4.69, 9.17) is 0 Å². The number of rotatable bonds is 8. The first kappa shape index (κ1) is 16.6. The van der Waals surface area contributed by atoms with Gasteiger partial charge in [0, 0.05) is 24.1 Å². The van der Waals surface area contributed by atoms with Gasteiger partial charge in [-0.05, 0) is 18.6 Å². The molecule has 2 amide bonds. The maximum Gasteiger partial charge on any atom is 0.243 e. The quantitative estimate of drug-likeness (QED) is 0.571. The summed E-state index contributed by atoms with van der Waals surface area (Å²) in [6.07, 6.45) is 1.98. The van der Waals surface area contributed by atoms with Gasteiger partial charge in [-0.25, -0.2) is 0 Å². The lowest BCUT2D eigenvalue weighted by atomic mass is 10.3. The van der Waals surface area contributed by atoms with Crippen LogP contribution in [0.2, 0.25) is 0 Å². The summed E-state index contributed by atoms with van der Waals surface area (Å²) in [5, 5.41) is 5.56. The van der Waals surface area contributed by atoms with Gasteiger partial charge in [0.1, 0.15) is 6.04 Å². The molecule has 4 nitrogen and oxygen atoms in total. The Kier molecular flexibility index (Phi) is 7.80. The molecular weight excluding hydrogens is 272 g/mol. The van der Waals surface area contributed by atoms with Gasteiger partial charge in [-0.15, -0.1) is 11.8 Å². The molecule has 5 heteroatoms. The molecule has 20 heavy (non-hydrogen) atoms. The van der Waals surface area contributed by atoms with Crippen molar-refractivity contribution in [2.45, 2.75) is 37.6 Å². The van der Waals surface area contributed by atoms with E-state index in [1.54, 1.807) is 11.8 Å². The second-order valence-electron chi connectivity index (χ2n) is 4.52. The van der Waals surface area contributed by atoms with E-state index in [1.807, 2.05) is 30.3 Å². The van der Waals surface area contributed by atoms with Crippen molar-refractivity contribution in [3.8, 4) is 0 Å². The molecule has 0 spiro atoms. The highest BCUT2D eigenvalue weighted by molar-refractivity contribution is 7.99. The number of hydrogen-bond acceptors (Lipinski definition) is 3. The summed E-state index contributed by atoms with van der Waals surface area (Å²) >= 11 is 1.56. The average molecular weight is 294 g/mol. The van der Waals surface area contributed by atoms with E-state index in [1.165, 1.54) is 6.92 Å². The predicted molar refractivity (Wildman–Crippen MR) is 82.7 cm³/mol. The molecule has 1 rings (SSSR count). The molecule has 0 saturated carbocycles. The van der Waals surface area contributed by atoms with Gasteiger partial charge < -0.3 is 10.6 Å². The third kappa shape index (κ3) is 6.61. The Hall–Kier alpha value is -1.49. The molecule has 0 bridgehead atoms. The molecule has 0 aliphatic rings. The Balaban J connectivity index is 2.50. The van der Waals surface area contributed by atoms with Crippen molar-refractivity contribution in [3.05, 3.63) is 30.3 Å². The lowest BCUT2D eigenvalue weighted by Gasteiger charge is -2.17. The van der Waals surface area contributed by atoms with Gasteiger partial charge in [0.15, 0.2) is 0 Å². The van der Waals surface area contributed by atoms with Crippen molar-refractivity contribution in [2.24, 2.45) is 0 Å². The van der Waals surface area contributed by atoms with Gasteiger partial charge in [-0.3, -0.25) is 9.59 Å². The summed E-state index contributed by atoms with van der Waals surface area (Å²) in [5.41, 5.74) is 0. The Morgan fingerprint density at radius 3 is 2.55 bits per heavy atom. The lowest BCUT2D eigenvalue weighted by molar-refractivity contribution is -0.127. The monoisotopic (exact) mass is 294 g/mol. The Labute approximate surface area is 124 Å². The maximum absolute atomic E-state index is 12.0. The Bertz CT molecular complexity index is 423. The minimum Gasteiger partial charge on any atom is -0.354 e. The first-order valence-corrected chi connectivity index (χ1v) is 7.84. The smallest absolute Gasteiger partial charge is 0.243 e. The molecule has 0 aliphatic carbocycles. The van der Waals surface area contributed by atoms with Crippen LogP contribution in [-0.2, 0) is 9.59 Å². The molecule has 1 aromatic rings. The summed E-state index contributed by atoms with van der Waals surface area (Å²) < 4.78 is 0. The largest absolute Gasteiger partial charge is 0.354 e. The van der Waals surface area contributed by atoms with Gasteiger partial charge in [-0.1, -0.05) is 31.5 Å². The fourth-order valence-corrected chi connectivity index (χ4v) is 2.58. The molecule has 0 aromatic heterocycles. The van der Waals surface area contributed by atoms with Crippen LogP contribution < -0.4 is 10.6 Å². The SMILES string of the molecule is CCCCNC(=O)C(CSc1ccccc1)NC(C)=O. The standard InChI is InChI=1S/C15H22N2O2S/c1-3-4-10-16-15(19)14(17-12(2)18)11-20-13-8-6-5-7-9-13/h5-9,14H,3-4,10-11H2,1-2H3,(H,16,19)(H,17,18). The van der Waals surface area contributed by atoms with Crippen LogP contribution in [0.5, 0.6) is 0 Å². The second kappa shape index (κ2) is 9.42. The first-order chi connectivity index (χ1) is 9.63. The summed E-state index contributed by atoms with van der Waals surface area (Å²) in [4.78, 5) is 24.3. The number of hydrogen-bond donors (Lipinski definition) is 2. The molecule has 0 aliphatic heterocycles. The van der Waals surface area contributed by atoms with E-state index >= 15 is 0 Å². The number of unbranched alkanes of at least 4 members (excludes halogenated alkanes) is 1. The summed E-state index contributed by atoms with van der Waals surface area (Å²) in [5.74, 6) is 0.230. The van der Waals surface area contributed by atoms with Crippen LogP contribution >= 0.6 is 11.8 Å². The zero-order valence-corrected chi connectivity index (χ0v) is 12.8. The molecule has 110 valence electrons. The van der Waals surface area contributed by atoms with Crippen LogP contribution in [0.3, 0.4) is 0 Å². The van der Waals surface area contributed by atoms with Crippen molar-refractivity contribution in [3.63, 3.8) is 0 Å². The van der Waals surface area contributed by atoms with Crippen molar-refractivity contribution >= 4 is 23.6 Å². The molecule has 0 heterocycles. The predicted octanol–water partition coefficient (Wildman–Crippen LogP) is 2.20. The summed E-state index contributed by atoms with van der Waals surface area (Å²) in [6.45, 7) is 4.16.